The van der Waals surface area contributed by atoms with Gasteiger partial charge in [-0.25, -0.2) is 0 Å². The summed E-state index contributed by atoms with van der Waals surface area (Å²) in [6.07, 6.45) is 7.99. The van der Waals surface area contributed by atoms with Crippen molar-refractivity contribution in [2.24, 2.45) is 0 Å². The van der Waals surface area contributed by atoms with Gasteiger partial charge in [0, 0.05) is 13.0 Å². The first-order valence-corrected chi connectivity index (χ1v) is 8.60. The molecule has 3 nitrogen and oxygen atoms in total. The molecule has 0 aromatic carbocycles. The smallest absolute Gasteiger partial charge is 0.0723 e. The van der Waals surface area contributed by atoms with Gasteiger partial charge in [-0.3, -0.25) is 0 Å². The number of piperidine rings is 1. The summed E-state index contributed by atoms with van der Waals surface area (Å²) in [5.41, 5.74) is 0.168. The van der Waals surface area contributed by atoms with Crippen molar-refractivity contribution in [3.05, 3.63) is 0 Å². The van der Waals surface area contributed by atoms with E-state index in [9.17, 15) is 0 Å². The molecule has 3 aliphatic rings. The summed E-state index contributed by atoms with van der Waals surface area (Å²) in [7, 11) is 0. The van der Waals surface area contributed by atoms with E-state index in [0.29, 0.717) is 12.2 Å². The maximum absolute atomic E-state index is 6.33. The molecule has 1 N–H and O–H groups in total. The highest BCUT2D eigenvalue weighted by Crippen LogP contribution is 2.38. The fourth-order valence-corrected chi connectivity index (χ4v) is 4.63. The molecular formula is C14H25NO2S. The van der Waals surface area contributed by atoms with Crippen LogP contribution >= 0.6 is 11.8 Å². The molecule has 0 aliphatic carbocycles. The normalized spacial score (nSPS) is 33.7. The van der Waals surface area contributed by atoms with Gasteiger partial charge in [-0.2, -0.15) is 11.8 Å². The Kier molecular flexibility index (Phi) is 4.50. The summed E-state index contributed by atoms with van der Waals surface area (Å²) < 4.78 is 12.5. The first kappa shape index (κ1) is 13.2. The lowest BCUT2D eigenvalue weighted by Crippen LogP contribution is -2.46. The van der Waals surface area contributed by atoms with Gasteiger partial charge in [0.05, 0.1) is 17.8 Å². The fourth-order valence-electron chi connectivity index (χ4n) is 3.39. The Balaban J connectivity index is 1.52. The Labute approximate surface area is 114 Å². The molecule has 3 aliphatic heterocycles. The van der Waals surface area contributed by atoms with Crippen molar-refractivity contribution in [3.8, 4) is 0 Å². The molecule has 0 bridgehead atoms. The molecule has 4 heteroatoms. The van der Waals surface area contributed by atoms with Gasteiger partial charge in [0.25, 0.3) is 0 Å². The lowest BCUT2D eigenvalue weighted by Gasteiger charge is -2.44. The summed E-state index contributed by atoms with van der Waals surface area (Å²) in [6.45, 7) is 3.14. The summed E-state index contributed by atoms with van der Waals surface area (Å²) in [5.74, 6) is 2.53. The molecular weight excluding hydrogens is 246 g/mol. The predicted octanol–water partition coefficient (Wildman–Crippen LogP) is 2.20. The quantitative estimate of drug-likeness (QED) is 0.834. The van der Waals surface area contributed by atoms with Crippen LogP contribution in [-0.2, 0) is 9.47 Å². The molecule has 0 amide bonds. The van der Waals surface area contributed by atoms with E-state index in [1.807, 2.05) is 0 Å². The summed E-state index contributed by atoms with van der Waals surface area (Å²) in [5, 5.41) is 3.40. The molecule has 1 spiro atoms. The van der Waals surface area contributed by atoms with Gasteiger partial charge in [-0.15, -0.1) is 0 Å². The standard InChI is InChI=1S/C14H25NO2S/c1-6-15-7-2-12(1)17-13-3-8-16-14(11-13)4-9-18-10-5-14/h12-13,15H,1-11H2. The summed E-state index contributed by atoms with van der Waals surface area (Å²) >= 11 is 2.07. The minimum atomic E-state index is 0.168. The second kappa shape index (κ2) is 6.12. The number of ether oxygens (including phenoxy) is 2. The molecule has 0 saturated carbocycles. The Morgan fingerprint density at radius 2 is 1.83 bits per heavy atom. The highest BCUT2D eigenvalue weighted by molar-refractivity contribution is 7.99. The molecule has 3 fully saturated rings. The maximum atomic E-state index is 6.33. The molecule has 0 aromatic heterocycles. The molecule has 0 radical (unpaired) electrons. The van der Waals surface area contributed by atoms with Crippen LogP contribution in [0.5, 0.6) is 0 Å². The van der Waals surface area contributed by atoms with Crippen LogP contribution < -0.4 is 5.32 Å². The highest BCUT2D eigenvalue weighted by Gasteiger charge is 2.39. The molecule has 1 unspecified atom stereocenters. The van der Waals surface area contributed by atoms with E-state index in [0.717, 1.165) is 32.5 Å². The number of nitrogens with one attached hydrogen (secondary N) is 1. The third-order valence-corrected chi connectivity index (χ3v) is 5.51. The van der Waals surface area contributed by atoms with Crippen LogP contribution in [0.4, 0.5) is 0 Å². The highest BCUT2D eigenvalue weighted by atomic mass is 32.2. The van der Waals surface area contributed by atoms with E-state index >= 15 is 0 Å². The van der Waals surface area contributed by atoms with E-state index in [-0.39, 0.29) is 5.60 Å². The van der Waals surface area contributed by atoms with Crippen molar-refractivity contribution in [1.82, 2.24) is 5.32 Å². The second-order valence-electron chi connectivity index (χ2n) is 5.84. The van der Waals surface area contributed by atoms with Crippen molar-refractivity contribution < 1.29 is 9.47 Å². The minimum absolute atomic E-state index is 0.168. The number of thioether (sulfide) groups is 1. The molecule has 3 rings (SSSR count). The van der Waals surface area contributed by atoms with Crippen LogP contribution in [0.25, 0.3) is 0 Å². The van der Waals surface area contributed by atoms with Crippen molar-refractivity contribution in [2.75, 3.05) is 31.2 Å². The molecule has 18 heavy (non-hydrogen) atoms. The van der Waals surface area contributed by atoms with Crippen molar-refractivity contribution in [2.45, 2.75) is 56.3 Å². The van der Waals surface area contributed by atoms with Crippen LogP contribution in [0.1, 0.15) is 38.5 Å². The predicted molar refractivity (Wildman–Crippen MR) is 75.2 cm³/mol. The van der Waals surface area contributed by atoms with E-state index in [1.165, 1.54) is 37.2 Å². The SMILES string of the molecule is C1CC(OC2CCOC3(CCSCC3)C2)CCN1. The van der Waals surface area contributed by atoms with Gasteiger partial charge in [0.2, 0.25) is 0 Å². The van der Waals surface area contributed by atoms with Crippen LogP contribution in [0, 0.1) is 0 Å². The van der Waals surface area contributed by atoms with E-state index in [2.05, 4.69) is 17.1 Å². The lowest BCUT2D eigenvalue weighted by molar-refractivity contribution is -0.153. The Bertz CT molecular complexity index is 257. The third kappa shape index (κ3) is 3.21. The van der Waals surface area contributed by atoms with Crippen LogP contribution in [-0.4, -0.2) is 49.0 Å². The minimum Gasteiger partial charge on any atom is -0.375 e. The Morgan fingerprint density at radius 3 is 2.61 bits per heavy atom. The zero-order valence-corrected chi connectivity index (χ0v) is 12.0. The van der Waals surface area contributed by atoms with Gasteiger partial charge in [0.1, 0.15) is 0 Å². The fraction of sp³-hybridized carbons (Fsp3) is 1.00. The van der Waals surface area contributed by atoms with Crippen molar-refractivity contribution in [1.29, 1.82) is 0 Å². The second-order valence-corrected chi connectivity index (χ2v) is 7.07. The number of hydrogen-bond acceptors (Lipinski definition) is 4. The number of rotatable bonds is 2. The van der Waals surface area contributed by atoms with Gasteiger partial charge in [-0.1, -0.05) is 0 Å². The van der Waals surface area contributed by atoms with Gasteiger partial charge in [0.15, 0.2) is 0 Å². The van der Waals surface area contributed by atoms with Crippen LogP contribution in [0.15, 0.2) is 0 Å². The average molecular weight is 271 g/mol. The molecule has 104 valence electrons. The van der Waals surface area contributed by atoms with E-state index in [4.69, 9.17) is 9.47 Å². The largest absolute Gasteiger partial charge is 0.375 e. The zero-order chi connectivity index (χ0) is 12.3. The van der Waals surface area contributed by atoms with Crippen LogP contribution in [0.3, 0.4) is 0 Å². The molecule has 0 aromatic rings. The van der Waals surface area contributed by atoms with Gasteiger partial charge in [-0.05, 0) is 56.7 Å². The van der Waals surface area contributed by atoms with Crippen molar-refractivity contribution >= 4 is 11.8 Å². The van der Waals surface area contributed by atoms with Gasteiger partial charge >= 0.3 is 0 Å². The van der Waals surface area contributed by atoms with E-state index in [1.54, 1.807) is 0 Å². The Hall–Kier alpha value is 0.230. The molecule has 3 saturated heterocycles. The lowest BCUT2D eigenvalue weighted by atomic mass is 9.86. The van der Waals surface area contributed by atoms with E-state index < -0.39 is 0 Å². The Morgan fingerprint density at radius 1 is 1.06 bits per heavy atom. The first-order valence-electron chi connectivity index (χ1n) is 7.44. The van der Waals surface area contributed by atoms with Crippen molar-refractivity contribution in [3.63, 3.8) is 0 Å². The summed E-state index contributed by atoms with van der Waals surface area (Å²) in [6, 6.07) is 0. The molecule has 3 heterocycles. The first-order chi connectivity index (χ1) is 8.86. The van der Waals surface area contributed by atoms with Gasteiger partial charge < -0.3 is 14.8 Å². The third-order valence-electron chi connectivity index (χ3n) is 4.52. The number of hydrogen-bond donors (Lipinski definition) is 1. The zero-order valence-electron chi connectivity index (χ0n) is 11.2. The topological polar surface area (TPSA) is 30.5 Å². The van der Waals surface area contributed by atoms with Crippen LogP contribution in [0.2, 0.25) is 0 Å². The monoisotopic (exact) mass is 271 g/mol. The summed E-state index contributed by atoms with van der Waals surface area (Å²) in [4.78, 5) is 0. The molecule has 1 atom stereocenters. The maximum Gasteiger partial charge on any atom is 0.0723 e. The average Bonchev–Trinajstić information content (AvgIpc) is 2.41.